The molecule has 0 aliphatic carbocycles. The molecule has 0 spiro atoms. The zero-order chi connectivity index (χ0) is 40.3. The second-order valence-electron chi connectivity index (χ2n) is 15.1. The number of phosphoric ester groups is 1. The van der Waals surface area contributed by atoms with E-state index in [1.165, 1.54) is 44.9 Å². The molecule has 0 saturated heterocycles. The number of aliphatic hydroxyl groups is 2. The van der Waals surface area contributed by atoms with E-state index in [1.807, 2.05) is 51.5 Å². The Morgan fingerprint density at radius 3 is 1.72 bits per heavy atom. The molecule has 0 rings (SSSR count). The van der Waals surface area contributed by atoms with Gasteiger partial charge in [-0.1, -0.05) is 146 Å². The van der Waals surface area contributed by atoms with E-state index in [-0.39, 0.29) is 26.1 Å². The van der Waals surface area contributed by atoms with Crippen molar-refractivity contribution in [2.75, 3.05) is 47.5 Å². The maximum atomic E-state index is 12.6. The summed E-state index contributed by atoms with van der Waals surface area (Å²) < 4.78 is 33.6. The summed E-state index contributed by atoms with van der Waals surface area (Å²) >= 11 is 0. The molecule has 0 aliphatic heterocycles. The summed E-state index contributed by atoms with van der Waals surface area (Å²) in [4.78, 5) is 37.4. The van der Waals surface area contributed by atoms with Gasteiger partial charge in [-0.2, -0.15) is 0 Å². The lowest BCUT2D eigenvalue weighted by Crippen LogP contribution is -2.37. The summed E-state index contributed by atoms with van der Waals surface area (Å²) in [6.45, 7) is 3.83. The van der Waals surface area contributed by atoms with E-state index in [1.54, 1.807) is 18.2 Å². The van der Waals surface area contributed by atoms with Gasteiger partial charge >= 0.3 is 11.9 Å². The quantitative estimate of drug-likeness (QED) is 0.0208. The minimum absolute atomic E-state index is 0.0286. The number of likely N-dealkylation sites (N-methyl/N-ethyl adjacent to an activating group) is 1. The van der Waals surface area contributed by atoms with Gasteiger partial charge in [0.15, 0.2) is 6.10 Å². The maximum absolute atomic E-state index is 12.6. The number of carbonyl (C=O) groups excluding carboxylic acids is 2. The lowest BCUT2D eigenvalue weighted by Gasteiger charge is -2.28. The van der Waals surface area contributed by atoms with Crippen molar-refractivity contribution >= 4 is 19.8 Å². The number of nitrogens with zero attached hydrogens (tertiary/aromatic N) is 1. The van der Waals surface area contributed by atoms with Crippen molar-refractivity contribution in [1.82, 2.24) is 0 Å². The van der Waals surface area contributed by atoms with Crippen molar-refractivity contribution in [3.05, 3.63) is 48.6 Å². The van der Waals surface area contributed by atoms with E-state index < -0.39 is 44.7 Å². The van der Waals surface area contributed by atoms with Crippen LogP contribution in [-0.2, 0) is 32.7 Å². The molecule has 0 saturated carbocycles. The number of quaternary nitrogens is 1. The van der Waals surface area contributed by atoms with Gasteiger partial charge in [0, 0.05) is 12.8 Å². The molecule has 0 radical (unpaired) electrons. The molecule has 0 aromatic heterocycles. The number of aliphatic hydroxyl groups excluding tert-OH is 2. The van der Waals surface area contributed by atoms with Crippen LogP contribution in [0.3, 0.4) is 0 Å². The van der Waals surface area contributed by atoms with Crippen molar-refractivity contribution < 1.29 is 52.3 Å². The van der Waals surface area contributed by atoms with Crippen LogP contribution in [0.4, 0.5) is 0 Å². The second kappa shape index (κ2) is 34.2. The third-order valence-corrected chi connectivity index (χ3v) is 9.52. The van der Waals surface area contributed by atoms with E-state index in [0.717, 1.165) is 44.9 Å². The number of rotatable bonds is 36. The van der Waals surface area contributed by atoms with Crippen LogP contribution in [0.25, 0.3) is 0 Å². The van der Waals surface area contributed by atoms with Gasteiger partial charge in [0.1, 0.15) is 19.8 Å². The van der Waals surface area contributed by atoms with Crippen LogP contribution in [0.2, 0.25) is 0 Å². The maximum Gasteiger partial charge on any atom is 0.306 e. The van der Waals surface area contributed by atoms with Crippen molar-refractivity contribution in [1.29, 1.82) is 0 Å². The Labute approximate surface area is 328 Å². The average molecular weight is 786 g/mol. The highest BCUT2D eigenvalue weighted by atomic mass is 31.2. The van der Waals surface area contributed by atoms with E-state index in [9.17, 15) is 29.3 Å². The Bertz CT molecular complexity index is 1100. The molecule has 4 atom stereocenters. The Hall–Kier alpha value is -2.11. The first-order valence-electron chi connectivity index (χ1n) is 20.6. The summed E-state index contributed by atoms with van der Waals surface area (Å²) in [6, 6.07) is 0. The van der Waals surface area contributed by atoms with Gasteiger partial charge in [-0.25, -0.2) is 0 Å². The fourth-order valence-electron chi connectivity index (χ4n) is 5.22. The molecule has 0 fully saturated rings. The lowest BCUT2D eigenvalue weighted by molar-refractivity contribution is -0.870. The molecule has 0 amide bonds. The number of unbranched alkanes of at least 4 members (excludes halogenated alkanes) is 12. The van der Waals surface area contributed by atoms with Crippen LogP contribution < -0.4 is 4.89 Å². The molecule has 314 valence electrons. The number of esters is 2. The van der Waals surface area contributed by atoms with Crippen molar-refractivity contribution in [3.63, 3.8) is 0 Å². The molecule has 1 unspecified atom stereocenters. The van der Waals surface area contributed by atoms with Crippen molar-refractivity contribution in [2.45, 2.75) is 161 Å². The largest absolute Gasteiger partial charge is 0.756 e. The monoisotopic (exact) mass is 786 g/mol. The van der Waals surface area contributed by atoms with E-state index in [4.69, 9.17) is 18.5 Å². The van der Waals surface area contributed by atoms with Gasteiger partial charge in [-0.05, 0) is 32.1 Å². The minimum atomic E-state index is -4.67. The molecule has 0 bridgehead atoms. The third-order valence-electron chi connectivity index (χ3n) is 8.56. The molecule has 2 N–H and O–H groups in total. The molecule has 11 nitrogen and oxygen atoms in total. The first kappa shape index (κ1) is 51.9. The predicted octanol–water partition coefficient (Wildman–Crippen LogP) is 8.44. The van der Waals surface area contributed by atoms with Crippen LogP contribution in [0.1, 0.15) is 142 Å². The molecule has 0 heterocycles. The minimum Gasteiger partial charge on any atom is -0.756 e. The average Bonchev–Trinajstić information content (AvgIpc) is 3.10. The number of hydrogen-bond acceptors (Lipinski definition) is 10. The zero-order valence-electron chi connectivity index (χ0n) is 34.4. The Balaban J connectivity index is 4.63. The first-order valence-corrected chi connectivity index (χ1v) is 22.0. The van der Waals surface area contributed by atoms with E-state index in [2.05, 4.69) is 13.8 Å². The standard InChI is InChI=1S/C42H76NO10P/c1-6-8-10-11-12-13-14-15-19-22-26-32-42(47)53-40(37-52-54(48,49)51-35-34-43(3,4)5)36-50-41(46)33-27-31-39(45)30-25-21-18-16-17-20-24-29-38(44)28-23-9-7-2/h17-18,20-21,24-25,29-30,38-40,44-45H,6-16,19,22-23,26-28,31-37H2,1-5H3/b20-17-,21-18-,29-24+,30-25+/t38-,39-,40+/m0/s1. The van der Waals surface area contributed by atoms with Gasteiger partial charge in [-0.3, -0.25) is 14.2 Å². The summed E-state index contributed by atoms with van der Waals surface area (Å²) in [7, 11) is 1.03. The molecular formula is C42H76NO10P. The van der Waals surface area contributed by atoms with Gasteiger partial charge in [-0.15, -0.1) is 0 Å². The normalized spacial score (nSPS) is 15.3. The molecule has 0 aromatic rings. The van der Waals surface area contributed by atoms with Crippen molar-refractivity contribution in [3.8, 4) is 0 Å². The Morgan fingerprint density at radius 1 is 0.667 bits per heavy atom. The number of carbonyl (C=O) groups is 2. The number of allylic oxidation sites excluding steroid dienone is 6. The first-order chi connectivity index (χ1) is 25.8. The SMILES string of the molecule is CCCCCCCCCCCCCC(=O)O[C@H](COC(=O)CCC[C@@H](O)/C=C/C=C\C/C=C\C=C\[C@@H](O)CCCCC)COP(=O)([O-])OCC[N+](C)(C)C. The highest BCUT2D eigenvalue weighted by Gasteiger charge is 2.22. The molecule has 54 heavy (non-hydrogen) atoms. The van der Waals surface area contributed by atoms with Crippen LogP contribution >= 0.6 is 7.82 Å². The number of hydrogen-bond donors (Lipinski definition) is 2. The van der Waals surface area contributed by atoms with Crippen LogP contribution in [0.5, 0.6) is 0 Å². The van der Waals surface area contributed by atoms with Crippen molar-refractivity contribution in [2.24, 2.45) is 0 Å². The lowest BCUT2D eigenvalue weighted by atomic mass is 10.1. The zero-order valence-corrected chi connectivity index (χ0v) is 35.3. The number of phosphoric acid groups is 1. The predicted molar refractivity (Wildman–Crippen MR) is 216 cm³/mol. The van der Waals surface area contributed by atoms with Crippen LogP contribution in [0.15, 0.2) is 48.6 Å². The van der Waals surface area contributed by atoms with Crippen LogP contribution in [-0.4, -0.2) is 92.5 Å². The van der Waals surface area contributed by atoms with Gasteiger partial charge < -0.3 is 38.1 Å². The van der Waals surface area contributed by atoms with Gasteiger partial charge in [0.2, 0.25) is 0 Å². The fourth-order valence-corrected chi connectivity index (χ4v) is 5.95. The summed E-state index contributed by atoms with van der Waals surface area (Å²) in [5.74, 6) is -1.07. The third kappa shape index (κ3) is 36.8. The summed E-state index contributed by atoms with van der Waals surface area (Å²) in [5, 5.41) is 20.1. The van der Waals surface area contributed by atoms with Gasteiger partial charge in [0.05, 0.1) is 40.0 Å². The second-order valence-corrected chi connectivity index (χ2v) is 16.5. The summed E-state index contributed by atoms with van der Waals surface area (Å²) in [6.07, 6.45) is 30.7. The van der Waals surface area contributed by atoms with Crippen LogP contribution in [0, 0.1) is 0 Å². The van der Waals surface area contributed by atoms with E-state index in [0.29, 0.717) is 36.7 Å². The fraction of sp³-hybridized carbons (Fsp3) is 0.762. The summed E-state index contributed by atoms with van der Waals surface area (Å²) in [5.41, 5.74) is 0. The molecule has 12 heteroatoms. The Kier molecular flexibility index (Phi) is 32.8. The number of ether oxygens (including phenoxy) is 2. The van der Waals surface area contributed by atoms with Gasteiger partial charge in [0.25, 0.3) is 7.82 Å². The Morgan fingerprint density at radius 2 is 1.17 bits per heavy atom. The molecule has 0 aromatic carbocycles. The molecular weight excluding hydrogens is 709 g/mol. The topological polar surface area (TPSA) is 152 Å². The molecule has 0 aliphatic rings. The highest BCUT2D eigenvalue weighted by Crippen LogP contribution is 2.38. The van der Waals surface area contributed by atoms with E-state index >= 15 is 0 Å². The smallest absolute Gasteiger partial charge is 0.306 e. The highest BCUT2D eigenvalue weighted by molar-refractivity contribution is 7.45.